The Morgan fingerprint density at radius 3 is 2.03 bits per heavy atom. The first-order valence-electron chi connectivity index (χ1n) is 24.3. The van der Waals surface area contributed by atoms with E-state index in [4.69, 9.17) is 33.2 Å². The van der Waals surface area contributed by atoms with Gasteiger partial charge in [-0.2, -0.15) is 0 Å². The molecule has 0 amide bonds. The molecule has 4 saturated heterocycles. The molecule has 1 spiro atoms. The lowest BCUT2D eigenvalue weighted by atomic mass is 9.33. The fourth-order valence-corrected chi connectivity index (χ4v) is 15.5. The predicted molar refractivity (Wildman–Crippen MR) is 228 cm³/mol. The molecule has 0 aromatic heterocycles. The molecule has 0 unspecified atom stereocenters. The Bertz CT molecular complexity index is 1860. The maximum atomic E-state index is 13.8. The van der Waals surface area contributed by atoms with Crippen LogP contribution >= 0.6 is 0 Å². The van der Waals surface area contributed by atoms with Gasteiger partial charge < -0.3 is 84.2 Å². The van der Waals surface area contributed by atoms with Crippen molar-refractivity contribution in [1.29, 1.82) is 0 Å². The van der Waals surface area contributed by atoms with Crippen molar-refractivity contribution in [3.63, 3.8) is 0 Å². The molecule has 4 aliphatic heterocycles. The van der Waals surface area contributed by atoms with E-state index in [0.29, 0.717) is 19.3 Å². The average Bonchev–Trinajstić information content (AvgIpc) is 3.58. The average molecular weight is 941 g/mol. The quantitative estimate of drug-likeness (QED) is 0.0881. The molecular formula is C48H76O18. The van der Waals surface area contributed by atoms with E-state index in [1.807, 2.05) is 0 Å². The van der Waals surface area contributed by atoms with Crippen LogP contribution in [0, 0.1) is 50.2 Å². The second kappa shape index (κ2) is 16.8. The highest BCUT2D eigenvalue weighted by Crippen LogP contribution is 2.76. The van der Waals surface area contributed by atoms with E-state index < -0.39 is 128 Å². The Balaban J connectivity index is 0.979. The van der Waals surface area contributed by atoms with Gasteiger partial charge in [-0.15, -0.1) is 0 Å². The summed E-state index contributed by atoms with van der Waals surface area (Å²) < 4.78 is 42.5. The maximum Gasteiger partial charge on any atom is 0.315 e. The fraction of sp³-hybridized carbons (Fsp3) is 0.938. The number of esters is 1. The van der Waals surface area contributed by atoms with Crippen LogP contribution in [0.3, 0.4) is 0 Å². The van der Waals surface area contributed by atoms with Crippen molar-refractivity contribution in [2.45, 2.75) is 217 Å². The molecule has 10 N–H and O–H groups in total. The van der Waals surface area contributed by atoms with Crippen molar-refractivity contribution < 1.29 is 89.0 Å². The van der Waals surface area contributed by atoms with Crippen molar-refractivity contribution in [1.82, 2.24) is 0 Å². The normalized spacial score (nSPS) is 56.2. The van der Waals surface area contributed by atoms with Crippen LogP contribution < -0.4 is 0 Å². The number of carbonyl (C=O) groups is 1. The molecule has 25 atom stereocenters. The van der Waals surface area contributed by atoms with Gasteiger partial charge in [0.05, 0.1) is 31.5 Å². The number of rotatable bonds is 8. The Morgan fingerprint density at radius 2 is 1.33 bits per heavy atom. The second-order valence-corrected chi connectivity index (χ2v) is 23.7. The third-order valence-electron chi connectivity index (χ3n) is 19.7. The highest BCUT2D eigenvalue weighted by atomic mass is 16.8. The first-order chi connectivity index (χ1) is 30.8. The zero-order valence-corrected chi connectivity index (χ0v) is 39.5. The van der Waals surface area contributed by atoms with Gasteiger partial charge >= 0.3 is 5.97 Å². The maximum absolute atomic E-state index is 13.8. The van der Waals surface area contributed by atoms with E-state index in [1.54, 1.807) is 0 Å². The van der Waals surface area contributed by atoms with Gasteiger partial charge in [-0.1, -0.05) is 60.1 Å². The lowest BCUT2D eigenvalue weighted by Crippen LogP contribution is -2.68. The SMILES string of the molecule is C[C@H]1O[C@@H](OC[C@H]2O[C@@H](O[C@H]3CC[C@]4(C)[C@H]5CC=C6[C@@H]7CC(C)(C)[C@@H]8C[C@]7(C(=O)O8)[C@H](O)C[C@@]6(C)[C@]5(C)CC[C@H]4C3(C)C)[C@H](O[C@@H]3O[C@H](CO)[C@@H](O)[C@H](O)[C@H]3O)[C@@H](O)[C@@H]2O)[C@H](O)[C@@H](O)[C@H]1O. The molecule has 9 rings (SSSR count). The van der Waals surface area contributed by atoms with Crippen LogP contribution in [0.15, 0.2) is 11.6 Å². The van der Waals surface area contributed by atoms with E-state index in [-0.39, 0.29) is 51.5 Å². The van der Waals surface area contributed by atoms with Gasteiger partial charge in [-0.25, -0.2) is 0 Å². The Morgan fingerprint density at radius 1 is 0.682 bits per heavy atom. The van der Waals surface area contributed by atoms with Crippen LogP contribution in [-0.4, -0.2) is 181 Å². The number of fused-ring (bicyclic) bond motifs is 7. The van der Waals surface area contributed by atoms with E-state index in [2.05, 4.69) is 54.5 Å². The summed E-state index contributed by atoms with van der Waals surface area (Å²) in [5, 5.41) is 109. The molecule has 2 bridgehead atoms. The zero-order chi connectivity index (χ0) is 48.0. The molecule has 0 aromatic rings. The van der Waals surface area contributed by atoms with Crippen LogP contribution in [0.2, 0.25) is 0 Å². The fourth-order valence-electron chi connectivity index (χ4n) is 15.5. The summed E-state index contributed by atoms with van der Waals surface area (Å²) in [5.41, 5.74) is -1.11. The Kier molecular flexibility index (Phi) is 12.6. The van der Waals surface area contributed by atoms with E-state index in [0.717, 1.165) is 32.1 Å². The van der Waals surface area contributed by atoms with Gasteiger partial charge in [-0.05, 0) is 91.3 Å². The summed E-state index contributed by atoms with van der Waals surface area (Å²) in [4.78, 5) is 13.8. The molecular weight excluding hydrogens is 865 g/mol. The number of carbonyl (C=O) groups excluding carboxylic acids is 1. The number of allylic oxidation sites excluding steroid dienone is 2. The summed E-state index contributed by atoms with van der Waals surface area (Å²) >= 11 is 0. The first kappa shape index (κ1) is 49.5. The molecule has 4 saturated carbocycles. The predicted octanol–water partition coefficient (Wildman–Crippen LogP) is 0.155. The lowest BCUT2D eigenvalue weighted by molar-refractivity contribution is -0.382. The van der Waals surface area contributed by atoms with E-state index in [9.17, 15) is 55.9 Å². The molecule has 9 aliphatic rings. The third-order valence-corrected chi connectivity index (χ3v) is 19.7. The van der Waals surface area contributed by atoms with Crippen molar-refractivity contribution in [2.75, 3.05) is 13.2 Å². The summed E-state index contributed by atoms with van der Waals surface area (Å²) in [6.07, 6.45) is -16.5. The van der Waals surface area contributed by atoms with Gasteiger partial charge in [0, 0.05) is 11.8 Å². The van der Waals surface area contributed by atoms with Crippen LogP contribution in [0.25, 0.3) is 0 Å². The largest absolute Gasteiger partial charge is 0.461 e. The standard InChI is InChI=1S/C48H76O18/c1-20-30(51)33(54)36(57)39(61-20)60-19-24-32(53)35(56)38(66-40-37(58)34(55)31(52)23(18-49)62-40)41(63-24)64-28-12-13-45(6)25(44(28,4)5)11-14-46(7)26(45)10-9-21-22-15-43(2,3)29-17-48(22,42(59)65-29)27(50)16-47(21,46)8/h9,20,22-41,49-58H,10-19H2,1-8H3/t20-,22+,23-,24-,25+,26-,27-,28+,29+,30+,31-,32-,33+,34+,35+,36-,37-,38-,39-,40+,41+,45+,46-,47-,48-/m1/s1. The van der Waals surface area contributed by atoms with E-state index in [1.165, 1.54) is 12.5 Å². The minimum absolute atomic E-state index is 0.101. The highest BCUT2D eigenvalue weighted by Gasteiger charge is 2.74. The molecule has 376 valence electrons. The van der Waals surface area contributed by atoms with Crippen molar-refractivity contribution in [3.8, 4) is 0 Å². The minimum Gasteiger partial charge on any atom is -0.461 e. The summed E-state index contributed by atoms with van der Waals surface area (Å²) in [5.74, 6) is -0.00436. The molecule has 0 aromatic carbocycles. The Labute approximate surface area is 386 Å². The van der Waals surface area contributed by atoms with Gasteiger partial charge in [0.2, 0.25) is 0 Å². The van der Waals surface area contributed by atoms with Gasteiger partial charge in [0.1, 0.15) is 78.7 Å². The molecule has 4 heterocycles. The summed E-state index contributed by atoms with van der Waals surface area (Å²) in [7, 11) is 0. The smallest absolute Gasteiger partial charge is 0.315 e. The molecule has 0 radical (unpaired) electrons. The van der Waals surface area contributed by atoms with Crippen molar-refractivity contribution in [2.24, 2.45) is 50.2 Å². The van der Waals surface area contributed by atoms with Crippen LogP contribution in [-0.2, 0) is 38.0 Å². The van der Waals surface area contributed by atoms with Crippen LogP contribution in [0.4, 0.5) is 0 Å². The minimum atomic E-state index is -1.83. The van der Waals surface area contributed by atoms with E-state index >= 15 is 0 Å². The monoisotopic (exact) mass is 941 g/mol. The second-order valence-electron chi connectivity index (χ2n) is 23.7. The number of ether oxygens (including phenoxy) is 7. The lowest BCUT2D eigenvalue weighted by Gasteiger charge is -2.71. The molecule has 5 aliphatic carbocycles. The van der Waals surface area contributed by atoms with Crippen molar-refractivity contribution in [3.05, 3.63) is 11.6 Å². The van der Waals surface area contributed by atoms with Gasteiger partial charge in [-0.3, -0.25) is 4.79 Å². The summed E-state index contributed by atoms with van der Waals surface area (Å²) in [6.45, 7) is 16.1. The number of hydrogen-bond donors (Lipinski definition) is 10. The van der Waals surface area contributed by atoms with Crippen LogP contribution in [0.5, 0.6) is 0 Å². The highest BCUT2D eigenvalue weighted by molar-refractivity contribution is 5.82. The third kappa shape index (κ3) is 7.12. The number of aliphatic hydroxyl groups excluding tert-OH is 10. The number of aliphatic hydroxyl groups is 10. The molecule has 18 nitrogen and oxygen atoms in total. The Hall–Kier alpha value is -1.43. The first-order valence-corrected chi connectivity index (χ1v) is 24.3. The zero-order valence-electron chi connectivity index (χ0n) is 39.5. The summed E-state index contributed by atoms with van der Waals surface area (Å²) in [6, 6.07) is 0. The molecule has 8 fully saturated rings. The topological polar surface area (TPSA) is 284 Å². The molecule has 66 heavy (non-hydrogen) atoms. The van der Waals surface area contributed by atoms with Gasteiger partial charge in [0.25, 0.3) is 0 Å². The molecule has 18 heteroatoms. The van der Waals surface area contributed by atoms with Gasteiger partial charge in [0.15, 0.2) is 18.9 Å². The van der Waals surface area contributed by atoms with Crippen molar-refractivity contribution >= 4 is 5.97 Å². The number of hydrogen-bond acceptors (Lipinski definition) is 18. The van der Waals surface area contributed by atoms with Crippen LogP contribution in [0.1, 0.15) is 107 Å².